The Balaban J connectivity index is 1.57. The van der Waals surface area contributed by atoms with Gasteiger partial charge in [-0.2, -0.15) is 0 Å². The molecule has 0 radical (unpaired) electrons. The number of benzene rings is 2. The van der Waals surface area contributed by atoms with E-state index in [-0.39, 0.29) is 12.0 Å². The second-order valence-electron chi connectivity index (χ2n) is 9.11. The molecule has 1 aliphatic carbocycles. The van der Waals surface area contributed by atoms with Crippen molar-refractivity contribution < 1.29 is 17.9 Å². The highest BCUT2D eigenvalue weighted by Crippen LogP contribution is 2.44. The lowest BCUT2D eigenvalue weighted by molar-refractivity contribution is 0.199. The summed E-state index contributed by atoms with van der Waals surface area (Å²) in [6.07, 6.45) is 9.32. The van der Waals surface area contributed by atoms with Crippen LogP contribution in [0.15, 0.2) is 66.3 Å². The first kappa shape index (κ1) is 23.1. The zero-order valence-electron chi connectivity index (χ0n) is 18.6. The molecule has 5 heteroatoms. The molecule has 1 fully saturated rings. The van der Waals surface area contributed by atoms with E-state index in [1.165, 1.54) is 30.3 Å². The number of halogens is 3. The minimum atomic E-state index is -1.73. The lowest BCUT2D eigenvalue weighted by Crippen LogP contribution is -2.26. The lowest BCUT2D eigenvalue weighted by Gasteiger charge is -2.33. The predicted molar refractivity (Wildman–Crippen MR) is 127 cm³/mol. The molecule has 4 rings (SSSR count). The molecule has 0 bridgehead atoms. The number of allylic oxidation sites excluding steroid dienone is 4. The second kappa shape index (κ2) is 10.2. The third kappa shape index (κ3) is 4.94. The first-order valence-electron chi connectivity index (χ1n) is 11.6. The minimum Gasteiger partial charge on any atom is -0.385 e. The quantitative estimate of drug-likeness (QED) is 0.312. The number of hydrogen-bond acceptors (Lipinski definition) is 1. The SMILES string of the molecule is COCCC[Si@H]1CC[C@H](C2=CC(F)(c3ccccc3-c3cccc(F)c3F)CC=C2)CC1. The average molecular weight is 457 g/mol. The van der Waals surface area contributed by atoms with Gasteiger partial charge >= 0.3 is 0 Å². The fourth-order valence-electron chi connectivity index (χ4n) is 5.27. The van der Waals surface area contributed by atoms with Crippen LogP contribution >= 0.6 is 0 Å². The number of rotatable bonds is 7. The van der Waals surface area contributed by atoms with Gasteiger partial charge in [-0.05, 0) is 48.5 Å². The molecule has 0 spiro atoms. The van der Waals surface area contributed by atoms with Crippen molar-refractivity contribution in [2.75, 3.05) is 13.7 Å². The molecular weight excluding hydrogens is 425 g/mol. The van der Waals surface area contributed by atoms with Crippen LogP contribution in [0.1, 0.15) is 31.2 Å². The normalized spacial score (nSPS) is 25.6. The summed E-state index contributed by atoms with van der Waals surface area (Å²) in [4.78, 5) is 0. The molecule has 0 saturated carbocycles. The summed E-state index contributed by atoms with van der Waals surface area (Å²) in [6, 6.07) is 14.9. The molecule has 1 saturated heterocycles. The highest BCUT2D eigenvalue weighted by molar-refractivity contribution is 6.59. The topological polar surface area (TPSA) is 9.23 Å². The Morgan fingerprint density at radius 1 is 1.03 bits per heavy atom. The summed E-state index contributed by atoms with van der Waals surface area (Å²) in [7, 11) is 1.05. The van der Waals surface area contributed by atoms with Gasteiger partial charge in [0.2, 0.25) is 0 Å². The Hall–Kier alpha value is -2.11. The summed E-state index contributed by atoms with van der Waals surface area (Å²) in [5.74, 6) is -1.47. The monoisotopic (exact) mass is 456 g/mol. The summed E-state index contributed by atoms with van der Waals surface area (Å²) in [5.41, 5.74) is 0.232. The van der Waals surface area contributed by atoms with Crippen molar-refractivity contribution in [3.05, 3.63) is 83.5 Å². The largest absolute Gasteiger partial charge is 0.385 e. The van der Waals surface area contributed by atoms with Crippen molar-refractivity contribution in [3.63, 3.8) is 0 Å². The van der Waals surface area contributed by atoms with Gasteiger partial charge in [-0.15, -0.1) is 0 Å². The first-order valence-corrected chi connectivity index (χ1v) is 14.1. The molecule has 2 aromatic rings. The molecule has 2 aromatic carbocycles. The third-order valence-corrected chi connectivity index (χ3v) is 10.5. The third-order valence-electron chi connectivity index (χ3n) is 7.02. The predicted octanol–water partition coefficient (Wildman–Crippen LogP) is 7.36. The van der Waals surface area contributed by atoms with E-state index in [2.05, 4.69) is 6.08 Å². The van der Waals surface area contributed by atoms with Crippen molar-refractivity contribution >= 4 is 8.80 Å². The second-order valence-corrected chi connectivity index (χ2v) is 12.6. The van der Waals surface area contributed by atoms with Gasteiger partial charge in [-0.25, -0.2) is 13.2 Å². The van der Waals surface area contributed by atoms with Gasteiger partial charge in [0.05, 0.1) is 0 Å². The molecule has 0 aromatic heterocycles. The minimum absolute atomic E-state index is 0.102. The van der Waals surface area contributed by atoms with Gasteiger partial charge in [0.25, 0.3) is 0 Å². The van der Waals surface area contributed by atoms with Crippen molar-refractivity contribution in [2.24, 2.45) is 5.92 Å². The molecule has 1 aliphatic heterocycles. The van der Waals surface area contributed by atoms with E-state index >= 15 is 4.39 Å². The summed E-state index contributed by atoms with van der Waals surface area (Å²) < 4.78 is 50.0. The van der Waals surface area contributed by atoms with Gasteiger partial charge in [0.15, 0.2) is 17.3 Å². The molecule has 1 nitrogen and oxygen atoms in total. The standard InChI is InChI=1S/C27H31F3OSi/c1-31-15-6-16-32-17-12-20(13-18-32)21-7-5-14-27(30,19-21)24-10-3-2-8-22(24)23-9-4-11-25(28)26(23)29/h2-5,7-11,19-20,32H,6,12-18H2,1H3/t20-,27?,32-. The Morgan fingerprint density at radius 2 is 1.78 bits per heavy atom. The molecule has 1 unspecified atom stereocenters. The number of methoxy groups -OCH3 is 1. The van der Waals surface area contributed by atoms with Gasteiger partial charge in [-0.3, -0.25) is 0 Å². The van der Waals surface area contributed by atoms with Crippen molar-refractivity contribution in [1.29, 1.82) is 0 Å². The van der Waals surface area contributed by atoms with Crippen LogP contribution in [0.4, 0.5) is 13.2 Å². The number of alkyl halides is 1. The van der Waals surface area contributed by atoms with Crippen molar-refractivity contribution in [3.8, 4) is 11.1 Å². The van der Waals surface area contributed by atoms with E-state index in [1.807, 2.05) is 6.08 Å². The van der Waals surface area contributed by atoms with E-state index in [1.54, 1.807) is 37.5 Å². The molecule has 2 aliphatic rings. The number of hydrogen-bond donors (Lipinski definition) is 0. The van der Waals surface area contributed by atoms with Crippen LogP contribution < -0.4 is 0 Å². The van der Waals surface area contributed by atoms with E-state index in [4.69, 9.17) is 4.74 Å². The summed E-state index contributed by atoms with van der Waals surface area (Å²) >= 11 is 0. The molecule has 32 heavy (non-hydrogen) atoms. The molecule has 1 atom stereocenters. The Morgan fingerprint density at radius 3 is 2.56 bits per heavy atom. The van der Waals surface area contributed by atoms with E-state index in [9.17, 15) is 8.78 Å². The first-order chi connectivity index (χ1) is 15.5. The highest BCUT2D eigenvalue weighted by Gasteiger charge is 2.35. The summed E-state index contributed by atoms with van der Waals surface area (Å²) in [6.45, 7) is 0.844. The molecule has 1 heterocycles. The Bertz CT molecular complexity index is 994. The molecular formula is C27H31F3OSi. The molecule has 0 amide bonds. The Kier molecular flexibility index (Phi) is 7.36. The van der Waals surface area contributed by atoms with E-state index in [0.29, 0.717) is 17.0 Å². The summed E-state index contributed by atoms with van der Waals surface area (Å²) in [5, 5.41) is 0. The van der Waals surface area contributed by atoms with Crippen molar-refractivity contribution in [1.82, 2.24) is 0 Å². The van der Waals surface area contributed by atoms with Gasteiger partial charge in [-0.1, -0.05) is 66.7 Å². The number of ether oxygens (including phenoxy) is 1. The fourth-order valence-corrected chi connectivity index (χ4v) is 8.63. The zero-order chi connectivity index (χ0) is 22.6. The Labute approximate surface area is 190 Å². The van der Waals surface area contributed by atoms with Crippen LogP contribution in [0.5, 0.6) is 0 Å². The van der Waals surface area contributed by atoms with Gasteiger partial charge in [0, 0.05) is 40.1 Å². The average Bonchev–Trinajstić information content (AvgIpc) is 2.82. The van der Waals surface area contributed by atoms with Crippen molar-refractivity contribution in [2.45, 2.75) is 49.5 Å². The van der Waals surface area contributed by atoms with Crippen LogP contribution in [-0.4, -0.2) is 22.5 Å². The molecule has 170 valence electrons. The van der Waals surface area contributed by atoms with Crippen LogP contribution in [0.25, 0.3) is 11.1 Å². The maximum absolute atomic E-state index is 16.4. The maximum Gasteiger partial charge on any atom is 0.166 e. The van der Waals surface area contributed by atoms with Crippen LogP contribution in [0.2, 0.25) is 18.1 Å². The van der Waals surface area contributed by atoms with Crippen LogP contribution in [0.3, 0.4) is 0 Å². The van der Waals surface area contributed by atoms with E-state index in [0.717, 1.165) is 37.5 Å². The van der Waals surface area contributed by atoms with Gasteiger partial charge in [0.1, 0.15) is 0 Å². The highest BCUT2D eigenvalue weighted by atomic mass is 28.3. The van der Waals surface area contributed by atoms with Gasteiger partial charge < -0.3 is 4.74 Å². The van der Waals surface area contributed by atoms with Crippen LogP contribution in [-0.2, 0) is 10.4 Å². The zero-order valence-corrected chi connectivity index (χ0v) is 19.8. The fraction of sp³-hybridized carbons (Fsp3) is 0.407. The molecule has 0 N–H and O–H groups in total. The van der Waals surface area contributed by atoms with E-state index < -0.39 is 26.1 Å². The van der Waals surface area contributed by atoms with Crippen LogP contribution in [0, 0.1) is 17.6 Å². The maximum atomic E-state index is 16.4. The smallest absolute Gasteiger partial charge is 0.166 e. The lowest BCUT2D eigenvalue weighted by atomic mass is 9.79.